The predicted molar refractivity (Wildman–Crippen MR) is 210 cm³/mol. The van der Waals surface area contributed by atoms with Crippen LogP contribution >= 0.6 is 0 Å². The fourth-order valence-electron chi connectivity index (χ4n) is 4.69. The third kappa shape index (κ3) is 31.7. The Morgan fingerprint density at radius 2 is 0.661 bits per heavy atom. The molecule has 0 aliphatic heterocycles. The Hall–Kier alpha value is -2.80. The fraction of sp³-hybridized carbons (Fsp3) is 0.795. The Balaban J connectivity index is 2.16. The number of methoxy groups -OCH3 is 2. The molecule has 0 bridgehead atoms. The first-order chi connectivity index (χ1) is 28.9. The van der Waals surface area contributed by atoms with Crippen molar-refractivity contribution in [1.82, 2.24) is 0 Å². The van der Waals surface area contributed by atoms with Crippen LogP contribution in [-0.4, -0.2) is 211 Å². The Morgan fingerprint density at radius 1 is 0.407 bits per heavy atom. The van der Waals surface area contributed by atoms with E-state index in [2.05, 4.69) is 0 Å². The highest BCUT2D eigenvalue weighted by Gasteiger charge is 2.15. The Bertz CT molecular complexity index is 1120. The van der Waals surface area contributed by atoms with Crippen LogP contribution in [0, 0.1) is 6.92 Å². The molecule has 0 aliphatic rings. The third-order valence-corrected chi connectivity index (χ3v) is 7.74. The molecule has 2 amide bonds. The van der Waals surface area contributed by atoms with E-state index in [9.17, 15) is 19.8 Å². The van der Waals surface area contributed by atoms with Crippen molar-refractivity contribution < 1.29 is 86.1 Å². The molecule has 0 spiro atoms. The number of nitrogens with zero attached hydrogens (tertiary/aromatic N) is 2. The molecule has 0 unspecified atom stereocenters. The molecular formula is C39H68N2O18-2. The number of hydrogen-bond donors (Lipinski definition) is 0. The Morgan fingerprint density at radius 3 is 0.932 bits per heavy atom. The summed E-state index contributed by atoms with van der Waals surface area (Å²) in [6.07, 6.45) is -2.92. The molecular weight excluding hydrogens is 784 g/mol. The van der Waals surface area contributed by atoms with E-state index < -0.39 is 12.2 Å². The van der Waals surface area contributed by atoms with Crippen LogP contribution in [0.15, 0.2) is 18.2 Å². The zero-order valence-corrected chi connectivity index (χ0v) is 35.3. The molecule has 0 heterocycles. The van der Waals surface area contributed by atoms with Gasteiger partial charge in [0.05, 0.1) is 172 Å². The second-order valence-electron chi connectivity index (χ2n) is 12.1. The van der Waals surface area contributed by atoms with Gasteiger partial charge in [-0.3, -0.25) is 0 Å². The van der Waals surface area contributed by atoms with Crippen LogP contribution in [-0.2, 0) is 66.3 Å². The van der Waals surface area contributed by atoms with Gasteiger partial charge < -0.3 is 95.9 Å². The molecule has 1 aromatic carbocycles. The van der Waals surface area contributed by atoms with Crippen molar-refractivity contribution in [2.24, 2.45) is 0 Å². The summed E-state index contributed by atoms with van der Waals surface area (Å²) in [6.45, 7) is 12.1. The molecule has 0 aliphatic carbocycles. The van der Waals surface area contributed by atoms with Crippen molar-refractivity contribution in [2.45, 2.75) is 6.92 Å². The molecule has 0 N–H and O–H groups in total. The first kappa shape index (κ1) is 54.2. The van der Waals surface area contributed by atoms with Gasteiger partial charge in [0, 0.05) is 38.7 Å². The molecule has 20 heteroatoms. The number of rotatable bonds is 44. The zero-order valence-electron chi connectivity index (χ0n) is 35.3. The van der Waals surface area contributed by atoms with Crippen molar-refractivity contribution in [1.29, 1.82) is 0 Å². The van der Waals surface area contributed by atoms with Gasteiger partial charge in [0.2, 0.25) is 0 Å². The van der Waals surface area contributed by atoms with Gasteiger partial charge in [0.25, 0.3) is 0 Å². The van der Waals surface area contributed by atoms with Crippen LogP contribution in [0.5, 0.6) is 0 Å². The number of carbonyl (C=O) groups excluding carboxylic acids is 2. The van der Waals surface area contributed by atoms with Crippen LogP contribution in [0.25, 0.3) is 0 Å². The molecule has 0 saturated carbocycles. The summed E-state index contributed by atoms with van der Waals surface area (Å²) in [5, 5.41) is 24.1. The SMILES string of the molecule is COCCOCCOCCOCCOCCOCCOCCN(C(=O)[O-])c1ccc(C)c(N(CCOCCOCCOCCOCCOCCOCCOC)C(=O)[O-])c1. The third-order valence-electron chi connectivity index (χ3n) is 7.74. The lowest BCUT2D eigenvalue weighted by molar-refractivity contribution is -0.247. The summed E-state index contributed by atoms with van der Waals surface area (Å²) in [5.41, 5.74) is 1.09. The number of benzene rings is 1. The van der Waals surface area contributed by atoms with Gasteiger partial charge in [-0.15, -0.1) is 0 Å². The van der Waals surface area contributed by atoms with E-state index in [-0.39, 0.29) is 64.1 Å². The summed E-state index contributed by atoms with van der Waals surface area (Å²) < 4.78 is 75.1. The van der Waals surface area contributed by atoms with E-state index in [0.29, 0.717) is 138 Å². The predicted octanol–water partition coefficient (Wildman–Crippen LogP) is -0.214. The molecule has 0 aromatic heterocycles. The topological polar surface area (TPSA) is 216 Å². The number of carboxylic acid groups (broad SMARTS) is 2. The number of ether oxygens (including phenoxy) is 14. The van der Waals surface area contributed by atoms with Gasteiger partial charge in [0.1, 0.15) is 12.2 Å². The molecule has 20 nitrogen and oxygen atoms in total. The van der Waals surface area contributed by atoms with Crippen molar-refractivity contribution in [2.75, 3.05) is 209 Å². The van der Waals surface area contributed by atoms with E-state index in [0.717, 1.165) is 9.80 Å². The normalized spacial score (nSPS) is 11.4. The molecule has 0 radical (unpaired) electrons. The number of hydrogen-bond acceptors (Lipinski definition) is 18. The van der Waals surface area contributed by atoms with Crippen molar-refractivity contribution >= 4 is 23.6 Å². The molecule has 0 saturated heterocycles. The molecule has 59 heavy (non-hydrogen) atoms. The first-order valence-electron chi connectivity index (χ1n) is 19.9. The van der Waals surface area contributed by atoms with E-state index in [4.69, 9.17) is 66.3 Å². The smallest absolute Gasteiger partial charge is 0.141 e. The summed E-state index contributed by atoms with van der Waals surface area (Å²) in [6, 6.07) is 4.64. The first-order valence-corrected chi connectivity index (χ1v) is 19.9. The lowest BCUT2D eigenvalue weighted by Crippen LogP contribution is -2.45. The van der Waals surface area contributed by atoms with Gasteiger partial charge in [0.15, 0.2) is 0 Å². The van der Waals surface area contributed by atoms with E-state index >= 15 is 0 Å². The van der Waals surface area contributed by atoms with E-state index in [1.807, 2.05) is 0 Å². The average Bonchev–Trinajstić information content (AvgIpc) is 3.22. The molecule has 344 valence electrons. The Labute approximate surface area is 348 Å². The highest BCUT2D eigenvalue weighted by molar-refractivity contribution is 5.90. The van der Waals surface area contributed by atoms with Crippen LogP contribution in [0.1, 0.15) is 5.56 Å². The number of anilines is 2. The number of amides is 2. The van der Waals surface area contributed by atoms with Gasteiger partial charge in [-0.25, -0.2) is 0 Å². The number of carbonyl (C=O) groups is 2. The fourth-order valence-corrected chi connectivity index (χ4v) is 4.69. The minimum absolute atomic E-state index is 0.0429. The summed E-state index contributed by atoms with van der Waals surface area (Å²) in [7, 11) is 3.25. The molecule has 1 rings (SSSR count). The van der Waals surface area contributed by atoms with Gasteiger partial charge in [-0.1, -0.05) is 6.07 Å². The highest BCUT2D eigenvalue weighted by atomic mass is 16.6. The standard InChI is InChI=1S/C39H70N2O18/c1-35-4-5-36(40(38(42)43)6-8-48-14-16-52-22-24-56-30-32-58-28-26-54-20-18-50-12-10-46-2)34-37(35)41(39(44)45)7-9-49-15-17-53-23-25-57-31-33-59-29-27-55-21-19-51-13-11-47-3/h4-5,34H,6-33H2,1-3H3,(H,42,43)(H,44,45)/p-2. The zero-order chi connectivity index (χ0) is 42.9. The van der Waals surface area contributed by atoms with E-state index in [1.54, 1.807) is 33.3 Å². The monoisotopic (exact) mass is 852 g/mol. The van der Waals surface area contributed by atoms with Crippen molar-refractivity contribution in [3.05, 3.63) is 23.8 Å². The lowest BCUT2D eigenvalue weighted by atomic mass is 10.1. The maximum atomic E-state index is 12.1. The maximum Gasteiger partial charge on any atom is 0.141 e. The average molecular weight is 853 g/mol. The van der Waals surface area contributed by atoms with Gasteiger partial charge in [-0.2, -0.15) is 0 Å². The van der Waals surface area contributed by atoms with Crippen molar-refractivity contribution in [3.8, 4) is 0 Å². The highest BCUT2D eigenvalue weighted by Crippen LogP contribution is 2.26. The quantitative estimate of drug-likeness (QED) is 0.0776. The van der Waals surface area contributed by atoms with Gasteiger partial charge in [-0.05, 0) is 24.6 Å². The lowest BCUT2D eigenvalue weighted by Gasteiger charge is -2.30. The number of aryl methyl sites for hydroxylation is 1. The molecule has 0 atom stereocenters. The maximum absolute atomic E-state index is 12.1. The minimum atomic E-state index is -1.46. The van der Waals surface area contributed by atoms with Crippen LogP contribution in [0.4, 0.5) is 21.0 Å². The second kappa shape index (κ2) is 40.6. The van der Waals surface area contributed by atoms with E-state index in [1.165, 1.54) is 6.07 Å². The summed E-state index contributed by atoms with van der Waals surface area (Å²) in [5.74, 6) is 0. The largest absolute Gasteiger partial charge is 0.530 e. The summed E-state index contributed by atoms with van der Waals surface area (Å²) >= 11 is 0. The molecule has 1 aromatic rings. The Kier molecular flexibility index (Phi) is 37.3. The van der Waals surface area contributed by atoms with Crippen LogP contribution in [0.3, 0.4) is 0 Å². The molecule has 0 fully saturated rings. The van der Waals surface area contributed by atoms with Crippen LogP contribution < -0.4 is 20.0 Å². The second-order valence-corrected chi connectivity index (χ2v) is 12.1. The summed E-state index contributed by atoms with van der Waals surface area (Å²) in [4.78, 5) is 26.0. The van der Waals surface area contributed by atoms with Gasteiger partial charge >= 0.3 is 0 Å². The van der Waals surface area contributed by atoms with Crippen molar-refractivity contribution in [3.63, 3.8) is 0 Å². The minimum Gasteiger partial charge on any atom is -0.530 e. The van der Waals surface area contributed by atoms with Crippen LogP contribution in [0.2, 0.25) is 0 Å².